The van der Waals surface area contributed by atoms with Crippen molar-refractivity contribution in [2.24, 2.45) is 11.3 Å². The van der Waals surface area contributed by atoms with E-state index in [9.17, 15) is 4.79 Å². The van der Waals surface area contributed by atoms with E-state index < -0.39 is 0 Å². The van der Waals surface area contributed by atoms with Gasteiger partial charge in [0.25, 0.3) is 5.91 Å². The molecule has 1 amide bonds. The minimum Gasteiger partial charge on any atom is -0.397 e. The summed E-state index contributed by atoms with van der Waals surface area (Å²) in [6, 6.07) is 3.78. The van der Waals surface area contributed by atoms with E-state index in [1.54, 1.807) is 6.20 Å². The van der Waals surface area contributed by atoms with E-state index in [0.29, 0.717) is 16.5 Å². The quantitative estimate of drug-likeness (QED) is 0.878. The van der Waals surface area contributed by atoms with Gasteiger partial charge in [-0.1, -0.05) is 20.8 Å². The minimum absolute atomic E-state index is 0.0576. The Morgan fingerprint density at radius 3 is 2.86 bits per heavy atom. The molecule has 5 heteroatoms. The molecular weight excluding hydrogens is 282 g/mol. The van der Waals surface area contributed by atoms with E-state index in [4.69, 9.17) is 5.73 Å². The second-order valence-electron chi connectivity index (χ2n) is 6.80. The highest BCUT2D eigenvalue weighted by atomic mass is 32.1. The van der Waals surface area contributed by atoms with Gasteiger partial charge in [0.05, 0.1) is 5.69 Å². The molecule has 4 nitrogen and oxygen atoms in total. The van der Waals surface area contributed by atoms with E-state index in [2.05, 4.69) is 25.8 Å². The largest absolute Gasteiger partial charge is 0.397 e. The topological polar surface area (TPSA) is 59.2 Å². The molecule has 0 saturated carbocycles. The maximum absolute atomic E-state index is 12.7. The van der Waals surface area contributed by atoms with E-state index >= 15 is 0 Å². The highest BCUT2D eigenvalue weighted by Crippen LogP contribution is 2.37. The third-order valence-corrected chi connectivity index (χ3v) is 5.52. The number of hydrogen-bond donors (Lipinski definition) is 1. The van der Waals surface area contributed by atoms with Gasteiger partial charge in [0.15, 0.2) is 0 Å². The van der Waals surface area contributed by atoms with Crippen LogP contribution in [-0.2, 0) is 0 Å². The Morgan fingerprint density at radius 1 is 1.48 bits per heavy atom. The van der Waals surface area contributed by atoms with Crippen LogP contribution in [0.15, 0.2) is 18.3 Å². The van der Waals surface area contributed by atoms with Crippen molar-refractivity contribution in [1.29, 1.82) is 0 Å². The number of likely N-dealkylation sites (tertiary alicyclic amines) is 1. The van der Waals surface area contributed by atoms with Gasteiger partial charge in [-0.3, -0.25) is 4.79 Å². The van der Waals surface area contributed by atoms with Crippen molar-refractivity contribution in [1.82, 2.24) is 9.88 Å². The summed E-state index contributed by atoms with van der Waals surface area (Å²) >= 11 is 1.40. The van der Waals surface area contributed by atoms with Crippen LogP contribution in [0.1, 0.15) is 36.9 Å². The number of hydrogen-bond acceptors (Lipinski definition) is 4. The minimum atomic E-state index is 0.0576. The molecular formula is C16H21N3OS. The van der Waals surface area contributed by atoms with Crippen molar-refractivity contribution in [3.8, 4) is 0 Å². The summed E-state index contributed by atoms with van der Waals surface area (Å²) in [7, 11) is 0. The highest BCUT2D eigenvalue weighted by molar-refractivity contribution is 7.21. The van der Waals surface area contributed by atoms with E-state index in [-0.39, 0.29) is 11.3 Å². The number of pyridine rings is 1. The van der Waals surface area contributed by atoms with Crippen LogP contribution in [0.2, 0.25) is 0 Å². The number of amides is 1. The van der Waals surface area contributed by atoms with Crippen molar-refractivity contribution in [2.45, 2.75) is 27.2 Å². The van der Waals surface area contributed by atoms with E-state index in [0.717, 1.165) is 29.7 Å². The predicted molar refractivity (Wildman–Crippen MR) is 87.5 cm³/mol. The van der Waals surface area contributed by atoms with Crippen molar-refractivity contribution < 1.29 is 4.79 Å². The lowest BCUT2D eigenvalue weighted by atomic mass is 9.80. The van der Waals surface area contributed by atoms with Gasteiger partial charge in [-0.05, 0) is 29.9 Å². The fraction of sp³-hybridized carbons (Fsp3) is 0.500. The van der Waals surface area contributed by atoms with Gasteiger partial charge in [-0.15, -0.1) is 11.3 Å². The average molecular weight is 303 g/mol. The number of carbonyl (C=O) groups excluding carboxylic acids is 1. The smallest absolute Gasteiger partial charge is 0.266 e. The first-order chi connectivity index (χ1) is 9.88. The van der Waals surface area contributed by atoms with Crippen LogP contribution in [0.25, 0.3) is 10.2 Å². The van der Waals surface area contributed by atoms with Gasteiger partial charge in [0, 0.05) is 24.7 Å². The Kier molecular flexibility index (Phi) is 3.40. The van der Waals surface area contributed by atoms with Crippen molar-refractivity contribution in [3.63, 3.8) is 0 Å². The number of anilines is 1. The molecule has 1 saturated heterocycles. The molecule has 0 bridgehead atoms. The van der Waals surface area contributed by atoms with Crippen LogP contribution in [-0.4, -0.2) is 28.9 Å². The Hall–Kier alpha value is -1.62. The monoisotopic (exact) mass is 303 g/mol. The van der Waals surface area contributed by atoms with Gasteiger partial charge >= 0.3 is 0 Å². The SMILES string of the molecule is CC(C)(C)C1CCN(C(=O)c2sc3ncccc3c2N)C1. The lowest BCUT2D eigenvalue weighted by Gasteiger charge is -2.26. The molecule has 112 valence electrons. The Balaban J connectivity index is 1.87. The lowest BCUT2D eigenvalue weighted by molar-refractivity contribution is 0.0782. The van der Waals surface area contributed by atoms with Gasteiger partial charge in [0.2, 0.25) is 0 Å². The van der Waals surface area contributed by atoms with Crippen LogP contribution in [0, 0.1) is 11.3 Å². The molecule has 2 aromatic rings. The number of nitrogen functional groups attached to an aromatic ring is 1. The van der Waals surface area contributed by atoms with Crippen LogP contribution in [0.5, 0.6) is 0 Å². The van der Waals surface area contributed by atoms with Gasteiger partial charge in [0.1, 0.15) is 9.71 Å². The summed E-state index contributed by atoms with van der Waals surface area (Å²) in [5, 5.41) is 0.886. The number of rotatable bonds is 1. The molecule has 0 radical (unpaired) electrons. The molecule has 1 atom stereocenters. The van der Waals surface area contributed by atoms with Crippen molar-refractivity contribution in [3.05, 3.63) is 23.2 Å². The maximum atomic E-state index is 12.7. The number of thiophene rings is 1. The summed E-state index contributed by atoms with van der Waals surface area (Å²) < 4.78 is 0. The summed E-state index contributed by atoms with van der Waals surface area (Å²) in [5.41, 5.74) is 6.97. The number of aromatic nitrogens is 1. The van der Waals surface area contributed by atoms with E-state index in [1.165, 1.54) is 11.3 Å². The number of fused-ring (bicyclic) bond motifs is 1. The van der Waals surface area contributed by atoms with Gasteiger partial charge in [-0.2, -0.15) is 0 Å². The second-order valence-corrected chi connectivity index (χ2v) is 7.80. The summed E-state index contributed by atoms with van der Waals surface area (Å²) in [5.74, 6) is 0.609. The molecule has 1 aliphatic rings. The standard InChI is InChI=1S/C16H21N3OS/c1-16(2,3)10-6-8-19(9-10)15(20)13-12(17)11-5-4-7-18-14(11)21-13/h4-5,7,10H,6,8-9,17H2,1-3H3. The molecule has 0 spiro atoms. The third-order valence-electron chi connectivity index (χ3n) is 4.40. The first-order valence-corrected chi connectivity index (χ1v) is 8.12. The van der Waals surface area contributed by atoms with Crippen molar-refractivity contribution >= 4 is 33.1 Å². The Bertz CT molecular complexity index is 686. The van der Waals surface area contributed by atoms with Crippen LogP contribution in [0.3, 0.4) is 0 Å². The average Bonchev–Trinajstić information content (AvgIpc) is 3.04. The molecule has 3 rings (SSSR count). The first kappa shape index (κ1) is 14.3. The molecule has 2 aromatic heterocycles. The zero-order valence-electron chi connectivity index (χ0n) is 12.7. The van der Waals surface area contributed by atoms with Crippen LogP contribution < -0.4 is 5.73 Å². The fourth-order valence-electron chi connectivity index (χ4n) is 2.91. The molecule has 0 aliphatic carbocycles. The summed E-state index contributed by atoms with van der Waals surface area (Å²) in [6.45, 7) is 8.36. The maximum Gasteiger partial charge on any atom is 0.266 e. The van der Waals surface area contributed by atoms with Crippen molar-refractivity contribution in [2.75, 3.05) is 18.8 Å². The molecule has 1 aliphatic heterocycles. The number of carbonyl (C=O) groups is 1. The van der Waals surface area contributed by atoms with Gasteiger partial charge in [-0.25, -0.2) is 4.98 Å². The summed E-state index contributed by atoms with van der Waals surface area (Å²) in [6.07, 6.45) is 2.80. The number of nitrogens with two attached hydrogens (primary N) is 1. The van der Waals surface area contributed by atoms with Gasteiger partial charge < -0.3 is 10.6 Å². The normalized spacial score (nSPS) is 19.4. The number of nitrogens with zero attached hydrogens (tertiary/aromatic N) is 2. The van der Waals surface area contributed by atoms with Crippen LogP contribution in [0.4, 0.5) is 5.69 Å². The lowest BCUT2D eigenvalue weighted by Crippen LogP contribution is -2.31. The highest BCUT2D eigenvalue weighted by Gasteiger charge is 2.35. The second kappa shape index (κ2) is 4.98. The zero-order chi connectivity index (χ0) is 15.2. The Morgan fingerprint density at radius 2 is 2.24 bits per heavy atom. The predicted octanol–water partition coefficient (Wildman–Crippen LogP) is 3.39. The molecule has 21 heavy (non-hydrogen) atoms. The Labute approximate surface area is 129 Å². The van der Waals surface area contributed by atoms with E-state index in [1.807, 2.05) is 17.0 Å². The molecule has 2 N–H and O–H groups in total. The third kappa shape index (κ3) is 2.50. The molecule has 1 fully saturated rings. The van der Waals surface area contributed by atoms with Crippen LogP contribution >= 0.6 is 11.3 Å². The fourth-order valence-corrected chi connectivity index (χ4v) is 3.94. The first-order valence-electron chi connectivity index (χ1n) is 7.30. The molecule has 0 aromatic carbocycles. The summed E-state index contributed by atoms with van der Waals surface area (Å²) in [4.78, 5) is 20.4. The molecule has 3 heterocycles. The molecule has 1 unspecified atom stereocenters. The zero-order valence-corrected chi connectivity index (χ0v) is 13.5.